The number of ether oxygens (including phenoxy) is 2. The van der Waals surface area contributed by atoms with Crippen LogP contribution in [0.25, 0.3) is 6.08 Å². The number of amides is 3. The van der Waals surface area contributed by atoms with Crippen LogP contribution in [0.4, 0.5) is 10.5 Å². The van der Waals surface area contributed by atoms with Crippen LogP contribution in [0.5, 0.6) is 11.5 Å². The van der Waals surface area contributed by atoms with Crippen molar-refractivity contribution in [3.8, 4) is 11.5 Å². The van der Waals surface area contributed by atoms with Crippen LogP contribution in [-0.2, 0) is 4.79 Å². The number of anilines is 1. The minimum atomic E-state index is -0.504. The van der Waals surface area contributed by atoms with Crippen molar-refractivity contribution in [2.45, 2.75) is 20.0 Å². The summed E-state index contributed by atoms with van der Waals surface area (Å²) in [4.78, 5) is 26.0. The Morgan fingerprint density at radius 1 is 1.15 bits per heavy atom. The number of halogens is 1. The van der Waals surface area contributed by atoms with Gasteiger partial charge < -0.3 is 14.8 Å². The molecule has 0 atom stereocenters. The summed E-state index contributed by atoms with van der Waals surface area (Å²) in [6.07, 6.45) is 1.48. The van der Waals surface area contributed by atoms with Gasteiger partial charge in [-0.3, -0.25) is 4.79 Å². The van der Waals surface area contributed by atoms with Gasteiger partial charge in [-0.05, 0) is 49.8 Å². The van der Waals surface area contributed by atoms with Crippen molar-refractivity contribution in [2.75, 3.05) is 12.0 Å². The lowest BCUT2D eigenvalue weighted by Gasteiger charge is -2.15. The minimum Gasteiger partial charge on any atom is -0.493 e. The maximum atomic E-state index is 12.7. The number of methoxy groups -OCH3 is 1. The molecule has 1 heterocycles. The number of carbonyl (C=O) groups is 2. The standard InChI is InChI=1S/C20H19ClN2O4/c1-12(2)27-18-15(21)9-13(11-17(18)26-3)10-16-19(24)23(20(25)22-16)14-7-5-4-6-8-14/h4-12H,1-3H3,(H,22,25). The molecule has 0 aromatic heterocycles. The van der Waals surface area contributed by atoms with Crippen LogP contribution in [0, 0.1) is 0 Å². The van der Waals surface area contributed by atoms with Crippen molar-refractivity contribution >= 4 is 35.3 Å². The summed E-state index contributed by atoms with van der Waals surface area (Å²) in [5.74, 6) is 0.438. The SMILES string of the molecule is COc1cc(C=C2NC(=O)N(c3ccccc3)C2=O)cc(Cl)c1OC(C)C. The average molecular weight is 387 g/mol. The van der Waals surface area contributed by atoms with Crippen molar-refractivity contribution in [1.29, 1.82) is 0 Å². The third-order valence-corrected chi connectivity index (χ3v) is 4.09. The number of hydrogen-bond acceptors (Lipinski definition) is 4. The molecule has 2 aromatic carbocycles. The second-order valence-corrected chi connectivity index (χ2v) is 6.57. The van der Waals surface area contributed by atoms with E-state index in [1.165, 1.54) is 7.11 Å². The number of imide groups is 1. The molecule has 1 aliphatic heterocycles. The predicted octanol–water partition coefficient (Wildman–Crippen LogP) is 4.23. The summed E-state index contributed by atoms with van der Waals surface area (Å²) >= 11 is 6.32. The highest BCUT2D eigenvalue weighted by atomic mass is 35.5. The molecule has 1 saturated heterocycles. The number of para-hydroxylation sites is 1. The third-order valence-electron chi connectivity index (χ3n) is 3.81. The van der Waals surface area contributed by atoms with Gasteiger partial charge in [0.05, 0.1) is 23.9 Å². The smallest absolute Gasteiger partial charge is 0.333 e. The zero-order chi connectivity index (χ0) is 19.6. The van der Waals surface area contributed by atoms with Crippen LogP contribution in [0.1, 0.15) is 19.4 Å². The number of hydrogen-bond donors (Lipinski definition) is 1. The number of urea groups is 1. The van der Waals surface area contributed by atoms with Gasteiger partial charge in [0.15, 0.2) is 11.5 Å². The quantitative estimate of drug-likeness (QED) is 0.616. The number of rotatable bonds is 5. The van der Waals surface area contributed by atoms with Gasteiger partial charge in [-0.25, -0.2) is 9.69 Å². The van der Waals surface area contributed by atoms with Crippen molar-refractivity contribution in [3.63, 3.8) is 0 Å². The molecule has 0 unspecified atom stereocenters. The number of carbonyl (C=O) groups excluding carboxylic acids is 2. The molecule has 6 nitrogen and oxygen atoms in total. The molecule has 1 N–H and O–H groups in total. The fraction of sp³-hybridized carbons (Fsp3) is 0.200. The lowest BCUT2D eigenvalue weighted by Crippen LogP contribution is -2.30. The van der Waals surface area contributed by atoms with E-state index in [9.17, 15) is 9.59 Å². The number of nitrogens with one attached hydrogen (secondary N) is 1. The van der Waals surface area contributed by atoms with Crippen molar-refractivity contribution in [2.24, 2.45) is 0 Å². The molecule has 0 bridgehead atoms. The first-order valence-corrected chi connectivity index (χ1v) is 8.75. The van der Waals surface area contributed by atoms with Gasteiger partial charge in [0.1, 0.15) is 5.70 Å². The molecular weight excluding hydrogens is 368 g/mol. The van der Waals surface area contributed by atoms with Gasteiger partial charge in [-0.15, -0.1) is 0 Å². The molecule has 3 rings (SSSR count). The molecule has 7 heteroatoms. The molecule has 1 aliphatic rings. The fourth-order valence-corrected chi connectivity index (χ4v) is 2.95. The summed E-state index contributed by atoms with van der Waals surface area (Å²) in [6, 6.07) is 11.6. The average Bonchev–Trinajstić information content (AvgIpc) is 2.91. The van der Waals surface area contributed by atoms with E-state index in [1.807, 2.05) is 19.9 Å². The van der Waals surface area contributed by atoms with Crippen LogP contribution in [-0.4, -0.2) is 25.2 Å². The van der Waals surface area contributed by atoms with Crippen molar-refractivity contribution in [1.82, 2.24) is 5.32 Å². The Morgan fingerprint density at radius 3 is 2.48 bits per heavy atom. The normalized spacial score (nSPS) is 15.4. The van der Waals surface area contributed by atoms with Gasteiger partial charge in [0.2, 0.25) is 0 Å². The summed E-state index contributed by atoms with van der Waals surface area (Å²) in [7, 11) is 1.51. The second-order valence-electron chi connectivity index (χ2n) is 6.16. The van der Waals surface area contributed by atoms with E-state index in [1.54, 1.807) is 42.5 Å². The van der Waals surface area contributed by atoms with Gasteiger partial charge >= 0.3 is 6.03 Å². The Labute approximate surface area is 162 Å². The maximum absolute atomic E-state index is 12.7. The molecule has 0 radical (unpaired) electrons. The van der Waals surface area contributed by atoms with Crippen molar-refractivity contribution in [3.05, 3.63) is 58.7 Å². The highest BCUT2D eigenvalue weighted by Gasteiger charge is 2.34. The van der Waals surface area contributed by atoms with E-state index in [-0.39, 0.29) is 11.8 Å². The van der Waals surface area contributed by atoms with E-state index >= 15 is 0 Å². The first kappa shape index (κ1) is 18.8. The van der Waals surface area contributed by atoms with Gasteiger partial charge in [-0.1, -0.05) is 29.8 Å². The zero-order valence-corrected chi connectivity index (χ0v) is 15.9. The number of benzene rings is 2. The molecule has 0 aliphatic carbocycles. The summed E-state index contributed by atoms with van der Waals surface area (Å²) in [5, 5.41) is 2.94. The monoisotopic (exact) mass is 386 g/mol. The molecule has 140 valence electrons. The Hall–Kier alpha value is -2.99. The van der Waals surface area contributed by atoms with E-state index < -0.39 is 11.9 Å². The van der Waals surface area contributed by atoms with Crippen molar-refractivity contribution < 1.29 is 19.1 Å². The molecule has 2 aromatic rings. The Balaban J connectivity index is 1.94. The summed E-state index contributed by atoms with van der Waals surface area (Å²) < 4.78 is 11.0. The highest BCUT2D eigenvalue weighted by Crippen LogP contribution is 2.37. The van der Waals surface area contributed by atoms with E-state index in [0.717, 1.165) is 4.90 Å². The number of nitrogens with zero attached hydrogens (tertiary/aromatic N) is 1. The molecular formula is C20H19ClN2O4. The zero-order valence-electron chi connectivity index (χ0n) is 15.2. The largest absolute Gasteiger partial charge is 0.493 e. The van der Waals surface area contributed by atoms with E-state index in [2.05, 4.69) is 5.32 Å². The molecule has 27 heavy (non-hydrogen) atoms. The van der Waals surface area contributed by atoms with Crippen LogP contribution >= 0.6 is 11.6 Å². The summed E-state index contributed by atoms with van der Waals surface area (Å²) in [6.45, 7) is 3.77. The van der Waals surface area contributed by atoms with Crippen LogP contribution in [0.15, 0.2) is 48.2 Å². The van der Waals surface area contributed by atoms with E-state index in [0.29, 0.717) is 27.8 Å². The van der Waals surface area contributed by atoms with Crippen LogP contribution in [0.3, 0.4) is 0 Å². The summed E-state index contributed by atoms with van der Waals surface area (Å²) in [5.41, 5.74) is 1.26. The first-order chi connectivity index (χ1) is 12.9. The fourth-order valence-electron chi connectivity index (χ4n) is 2.69. The van der Waals surface area contributed by atoms with E-state index in [4.69, 9.17) is 21.1 Å². The van der Waals surface area contributed by atoms with Gasteiger partial charge in [-0.2, -0.15) is 0 Å². The highest BCUT2D eigenvalue weighted by molar-refractivity contribution is 6.32. The lowest BCUT2D eigenvalue weighted by molar-refractivity contribution is -0.113. The van der Waals surface area contributed by atoms with Crippen LogP contribution < -0.4 is 19.7 Å². The first-order valence-electron chi connectivity index (χ1n) is 8.37. The Morgan fingerprint density at radius 2 is 1.85 bits per heavy atom. The second kappa shape index (κ2) is 7.72. The molecule has 0 spiro atoms. The topological polar surface area (TPSA) is 67.9 Å². The third kappa shape index (κ3) is 3.90. The minimum absolute atomic E-state index is 0.0734. The Kier molecular flexibility index (Phi) is 5.37. The predicted molar refractivity (Wildman–Crippen MR) is 104 cm³/mol. The van der Waals surface area contributed by atoms with Crippen LogP contribution in [0.2, 0.25) is 5.02 Å². The van der Waals surface area contributed by atoms with Gasteiger partial charge in [0, 0.05) is 0 Å². The van der Waals surface area contributed by atoms with Gasteiger partial charge in [0.25, 0.3) is 5.91 Å². The molecule has 0 saturated carbocycles. The Bertz CT molecular complexity index is 910. The molecule has 3 amide bonds. The lowest BCUT2D eigenvalue weighted by atomic mass is 10.1. The maximum Gasteiger partial charge on any atom is 0.333 e. The molecule has 1 fully saturated rings.